The van der Waals surface area contributed by atoms with Crippen molar-refractivity contribution in [1.29, 1.82) is 0 Å². The van der Waals surface area contributed by atoms with Crippen LogP contribution in [0.5, 0.6) is 5.75 Å². The van der Waals surface area contributed by atoms with Crippen molar-refractivity contribution in [1.82, 2.24) is 4.98 Å². The van der Waals surface area contributed by atoms with Crippen molar-refractivity contribution in [3.8, 4) is 5.75 Å². The van der Waals surface area contributed by atoms with Gasteiger partial charge in [-0.2, -0.15) is 0 Å². The standard InChI is InChI=1S/C9H10BrNOS/c1-13-8-5-11-4-7(10)9(8)12-6-2-3-6/h4-6H,2-3H2,1H3. The zero-order chi connectivity index (χ0) is 9.26. The van der Waals surface area contributed by atoms with Gasteiger partial charge in [-0.3, -0.25) is 4.98 Å². The molecule has 0 N–H and O–H groups in total. The summed E-state index contributed by atoms with van der Waals surface area (Å²) in [5.74, 6) is 0.949. The molecule has 0 spiro atoms. The summed E-state index contributed by atoms with van der Waals surface area (Å²) < 4.78 is 6.72. The Labute approximate surface area is 90.2 Å². The maximum Gasteiger partial charge on any atom is 0.150 e. The van der Waals surface area contributed by atoms with Crippen molar-refractivity contribution in [2.75, 3.05) is 6.26 Å². The van der Waals surface area contributed by atoms with Gasteiger partial charge < -0.3 is 4.74 Å². The Morgan fingerprint density at radius 2 is 2.31 bits per heavy atom. The average molecular weight is 260 g/mol. The van der Waals surface area contributed by atoms with Gasteiger partial charge in [-0.1, -0.05) is 0 Å². The molecule has 0 amide bonds. The Balaban J connectivity index is 2.27. The van der Waals surface area contributed by atoms with Crippen LogP contribution in [0.15, 0.2) is 21.8 Å². The van der Waals surface area contributed by atoms with E-state index in [0.29, 0.717) is 6.10 Å². The fraction of sp³-hybridized carbons (Fsp3) is 0.444. The topological polar surface area (TPSA) is 22.1 Å². The maximum absolute atomic E-state index is 5.77. The Bertz CT molecular complexity index is 314. The molecule has 0 atom stereocenters. The molecule has 0 saturated heterocycles. The van der Waals surface area contributed by atoms with Crippen molar-refractivity contribution >= 4 is 27.7 Å². The summed E-state index contributed by atoms with van der Waals surface area (Å²) in [6.07, 6.45) is 8.45. The lowest BCUT2D eigenvalue weighted by Gasteiger charge is -2.09. The van der Waals surface area contributed by atoms with Crippen LogP contribution in [0.2, 0.25) is 0 Å². The van der Waals surface area contributed by atoms with Crippen LogP contribution in [0.4, 0.5) is 0 Å². The van der Waals surface area contributed by atoms with Gasteiger partial charge in [-0.15, -0.1) is 11.8 Å². The molecule has 0 aromatic carbocycles. The summed E-state index contributed by atoms with van der Waals surface area (Å²) in [5, 5.41) is 0. The summed E-state index contributed by atoms with van der Waals surface area (Å²) in [6, 6.07) is 0. The summed E-state index contributed by atoms with van der Waals surface area (Å²) in [5.41, 5.74) is 0. The number of hydrogen-bond donors (Lipinski definition) is 0. The molecular formula is C9H10BrNOS. The number of aromatic nitrogens is 1. The van der Waals surface area contributed by atoms with E-state index in [0.717, 1.165) is 15.1 Å². The zero-order valence-electron chi connectivity index (χ0n) is 7.29. The lowest BCUT2D eigenvalue weighted by molar-refractivity contribution is 0.293. The molecular weight excluding hydrogens is 250 g/mol. The van der Waals surface area contributed by atoms with Gasteiger partial charge in [-0.25, -0.2) is 0 Å². The number of halogens is 1. The monoisotopic (exact) mass is 259 g/mol. The number of pyridine rings is 1. The first-order valence-corrected chi connectivity index (χ1v) is 6.17. The first kappa shape index (κ1) is 9.34. The van der Waals surface area contributed by atoms with Crippen LogP contribution in [0, 0.1) is 0 Å². The summed E-state index contributed by atoms with van der Waals surface area (Å²) in [6.45, 7) is 0. The lowest BCUT2D eigenvalue weighted by atomic mass is 10.4. The quantitative estimate of drug-likeness (QED) is 0.779. The van der Waals surface area contributed by atoms with Crippen molar-refractivity contribution < 1.29 is 4.74 Å². The SMILES string of the molecule is CSc1cncc(Br)c1OC1CC1. The molecule has 1 aromatic heterocycles. The zero-order valence-corrected chi connectivity index (χ0v) is 9.69. The van der Waals surface area contributed by atoms with E-state index in [1.807, 2.05) is 12.5 Å². The lowest BCUT2D eigenvalue weighted by Crippen LogP contribution is -1.98. The summed E-state index contributed by atoms with van der Waals surface area (Å²) in [7, 11) is 0. The van der Waals surface area contributed by atoms with E-state index >= 15 is 0 Å². The van der Waals surface area contributed by atoms with Crippen LogP contribution < -0.4 is 4.74 Å². The van der Waals surface area contributed by atoms with Gasteiger partial charge in [-0.05, 0) is 35.0 Å². The van der Waals surface area contributed by atoms with Crippen LogP contribution in [-0.2, 0) is 0 Å². The third-order valence-electron chi connectivity index (χ3n) is 1.85. The van der Waals surface area contributed by atoms with Crippen LogP contribution in [0.1, 0.15) is 12.8 Å². The number of rotatable bonds is 3. The number of thioether (sulfide) groups is 1. The first-order valence-electron chi connectivity index (χ1n) is 4.15. The molecule has 4 heteroatoms. The van der Waals surface area contributed by atoms with Gasteiger partial charge in [0.15, 0.2) is 5.75 Å². The van der Waals surface area contributed by atoms with E-state index < -0.39 is 0 Å². The molecule has 0 unspecified atom stereocenters. The van der Waals surface area contributed by atoms with Crippen LogP contribution in [0.3, 0.4) is 0 Å². The van der Waals surface area contributed by atoms with E-state index in [-0.39, 0.29) is 0 Å². The molecule has 1 heterocycles. The molecule has 2 nitrogen and oxygen atoms in total. The van der Waals surface area contributed by atoms with Gasteiger partial charge >= 0.3 is 0 Å². The van der Waals surface area contributed by atoms with E-state index in [1.54, 1.807) is 18.0 Å². The largest absolute Gasteiger partial charge is 0.488 e. The first-order chi connectivity index (χ1) is 6.31. The highest BCUT2D eigenvalue weighted by molar-refractivity contribution is 9.10. The third-order valence-corrected chi connectivity index (χ3v) is 3.14. The maximum atomic E-state index is 5.77. The highest BCUT2D eigenvalue weighted by Gasteiger charge is 2.25. The Kier molecular flexibility index (Phi) is 2.79. The van der Waals surface area contributed by atoms with Crippen molar-refractivity contribution in [3.63, 3.8) is 0 Å². The second-order valence-electron chi connectivity index (χ2n) is 2.97. The highest BCUT2D eigenvalue weighted by atomic mass is 79.9. The van der Waals surface area contributed by atoms with Crippen LogP contribution >= 0.6 is 27.7 Å². The minimum atomic E-state index is 0.435. The third kappa shape index (κ3) is 2.17. The molecule has 0 aliphatic heterocycles. The molecule has 70 valence electrons. The van der Waals surface area contributed by atoms with E-state index in [9.17, 15) is 0 Å². The van der Waals surface area contributed by atoms with E-state index in [4.69, 9.17) is 4.74 Å². The Morgan fingerprint density at radius 1 is 1.54 bits per heavy atom. The predicted octanol–water partition coefficient (Wildman–Crippen LogP) is 3.11. The molecule has 1 aliphatic carbocycles. The highest BCUT2D eigenvalue weighted by Crippen LogP contribution is 2.37. The Hall–Kier alpha value is -0.220. The summed E-state index contributed by atoms with van der Waals surface area (Å²) >= 11 is 5.11. The molecule has 0 bridgehead atoms. The molecule has 1 aliphatic rings. The Morgan fingerprint density at radius 3 is 2.92 bits per heavy atom. The van der Waals surface area contributed by atoms with Gasteiger partial charge in [0.1, 0.15) is 0 Å². The summed E-state index contributed by atoms with van der Waals surface area (Å²) in [4.78, 5) is 5.19. The fourth-order valence-corrected chi connectivity index (χ4v) is 2.08. The minimum Gasteiger partial charge on any atom is -0.488 e. The van der Waals surface area contributed by atoms with E-state index in [1.165, 1.54) is 12.8 Å². The van der Waals surface area contributed by atoms with Gasteiger partial charge in [0, 0.05) is 12.4 Å². The molecule has 13 heavy (non-hydrogen) atoms. The van der Waals surface area contributed by atoms with Gasteiger partial charge in [0.2, 0.25) is 0 Å². The number of hydrogen-bond acceptors (Lipinski definition) is 3. The average Bonchev–Trinajstić information content (AvgIpc) is 2.92. The minimum absolute atomic E-state index is 0.435. The van der Waals surface area contributed by atoms with E-state index in [2.05, 4.69) is 20.9 Å². The molecule has 1 aromatic rings. The van der Waals surface area contributed by atoms with Crippen molar-refractivity contribution in [2.45, 2.75) is 23.8 Å². The van der Waals surface area contributed by atoms with Crippen LogP contribution in [-0.4, -0.2) is 17.3 Å². The smallest absolute Gasteiger partial charge is 0.150 e. The van der Waals surface area contributed by atoms with Gasteiger partial charge in [0.25, 0.3) is 0 Å². The molecule has 2 rings (SSSR count). The van der Waals surface area contributed by atoms with Crippen molar-refractivity contribution in [3.05, 3.63) is 16.9 Å². The molecule has 0 radical (unpaired) electrons. The second kappa shape index (κ2) is 3.88. The normalized spacial score (nSPS) is 15.8. The van der Waals surface area contributed by atoms with Crippen LogP contribution in [0.25, 0.3) is 0 Å². The van der Waals surface area contributed by atoms with Crippen molar-refractivity contribution in [2.24, 2.45) is 0 Å². The second-order valence-corrected chi connectivity index (χ2v) is 4.67. The van der Waals surface area contributed by atoms with Gasteiger partial charge in [0.05, 0.1) is 15.5 Å². The molecule has 1 fully saturated rings. The predicted molar refractivity (Wildman–Crippen MR) is 57.4 cm³/mol. The molecule has 1 saturated carbocycles. The fourth-order valence-electron chi connectivity index (χ4n) is 1.02. The number of nitrogens with zero attached hydrogens (tertiary/aromatic N) is 1. The number of ether oxygens (including phenoxy) is 1.